The summed E-state index contributed by atoms with van der Waals surface area (Å²) in [5.74, 6) is -0.471. The molecule has 0 spiro atoms. The molecule has 1 amide bonds. The highest BCUT2D eigenvalue weighted by molar-refractivity contribution is 7.92. The minimum atomic E-state index is -3.69. The monoisotopic (exact) mass is 492 g/mol. The van der Waals surface area contributed by atoms with Gasteiger partial charge in [0.25, 0.3) is 15.9 Å². The summed E-state index contributed by atoms with van der Waals surface area (Å²) in [4.78, 5) is 14.5. The maximum Gasteiger partial charge on any atom is 0.261 e. The van der Waals surface area contributed by atoms with Crippen molar-refractivity contribution in [3.63, 3.8) is 0 Å². The summed E-state index contributed by atoms with van der Waals surface area (Å²) >= 11 is 0. The first-order valence-corrected chi connectivity index (χ1v) is 12.5. The first-order chi connectivity index (χ1) is 16.8. The third-order valence-electron chi connectivity index (χ3n) is 5.48. The number of nitrogens with zero attached hydrogens (tertiary/aromatic N) is 2. The number of aromatic amines is 1. The zero-order valence-electron chi connectivity index (χ0n) is 19.1. The number of rotatable bonds is 9. The second-order valence-corrected chi connectivity index (χ2v) is 9.80. The molecule has 4 rings (SSSR count). The molecular formula is C26H25FN4O3S. The number of aromatic nitrogens is 2. The maximum atomic E-state index is 13.4. The van der Waals surface area contributed by atoms with Crippen LogP contribution in [-0.2, 0) is 16.4 Å². The molecule has 2 N–H and O–H groups in total. The molecule has 35 heavy (non-hydrogen) atoms. The third kappa shape index (κ3) is 6.13. The van der Waals surface area contributed by atoms with Gasteiger partial charge in [0.2, 0.25) is 0 Å². The Bertz CT molecular complexity index is 1400. The summed E-state index contributed by atoms with van der Waals surface area (Å²) in [6, 6.07) is 22.6. The number of amides is 1. The lowest BCUT2D eigenvalue weighted by Crippen LogP contribution is -2.28. The van der Waals surface area contributed by atoms with Crippen LogP contribution >= 0.6 is 0 Å². The van der Waals surface area contributed by atoms with Crippen LogP contribution in [0, 0.1) is 5.82 Å². The van der Waals surface area contributed by atoms with Gasteiger partial charge in [0.15, 0.2) is 0 Å². The van der Waals surface area contributed by atoms with Crippen molar-refractivity contribution in [3.8, 4) is 11.3 Å². The fourth-order valence-electron chi connectivity index (χ4n) is 3.61. The molecule has 0 unspecified atom stereocenters. The van der Waals surface area contributed by atoms with Gasteiger partial charge in [0, 0.05) is 36.1 Å². The van der Waals surface area contributed by atoms with E-state index in [0.717, 1.165) is 5.69 Å². The predicted molar refractivity (Wildman–Crippen MR) is 133 cm³/mol. The lowest BCUT2D eigenvalue weighted by atomic mass is 10.1. The van der Waals surface area contributed by atoms with Gasteiger partial charge in [-0.05, 0) is 67.4 Å². The van der Waals surface area contributed by atoms with Gasteiger partial charge >= 0.3 is 0 Å². The van der Waals surface area contributed by atoms with E-state index in [1.807, 2.05) is 6.07 Å². The Hall–Kier alpha value is -3.98. The molecule has 9 heteroatoms. The predicted octanol–water partition coefficient (Wildman–Crippen LogP) is 4.72. The fraction of sp³-hybridized carbons (Fsp3) is 0.154. The van der Waals surface area contributed by atoms with Crippen molar-refractivity contribution >= 4 is 21.6 Å². The van der Waals surface area contributed by atoms with Crippen LogP contribution in [0.1, 0.15) is 22.5 Å². The van der Waals surface area contributed by atoms with Crippen molar-refractivity contribution in [2.75, 3.05) is 18.3 Å². The van der Waals surface area contributed by atoms with Crippen LogP contribution in [0.5, 0.6) is 0 Å². The highest BCUT2D eigenvalue weighted by Gasteiger charge is 2.15. The van der Waals surface area contributed by atoms with Crippen LogP contribution in [0.3, 0.4) is 0 Å². The lowest BCUT2D eigenvalue weighted by Gasteiger charge is -2.17. The van der Waals surface area contributed by atoms with Gasteiger partial charge < -0.3 is 4.90 Å². The zero-order valence-corrected chi connectivity index (χ0v) is 19.9. The molecule has 180 valence electrons. The maximum absolute atomic E-state index is 13.4. The van der Waals surface area contributed by atoms with Crippen molar-refractivity contribution in [2.24, 2.45) is 0 Å². The summed E-state index contributed by atoms with van der Waals surface area (Å²) < 4.78 is 40.8. The van der Waals surface area contributed by atoms with Crippen molar-refractivity contribution in [1.29, 1.82) is 0 Å². The van der Waals surface area contributed by atoms with Crippen molar-refractivity contribution < 1.29 is 17.6 Å². The van der Waals surface area contributed by atoms with E-state index in [1.54, 1.807) is 66.5 Å². The second kappa shape index (κ2) is 10.5. The number of hydrogen-bond acceptors (Lipinski definition) is 4. The third-order valence-corrected chi connectivity index (χ3v) is 6.87. The van der Waals surface area contributed by atoms with Gasteiger partial charge in [-0.25, -0.2) is 12.8 Å². The minimum absolute atomic E-state index is 0.160. The summed E-state index contributed by atoms with van der Waals surface area (Å²) in [6.07, 6.45) is 1.39. The minimum Gasteiger partial charge on any atom is -0.342 e. The lowest BCUT2D eigenvalue weighted by molar-refractivity contribution is 0.0793. The van der Waals surface area contributed by atoms with Crippen molar-refractivity contribution in [1.82, 2.24) is 15.1 Å². The first-order valence-electron chi connectivity index (χ1n) is 11.1. The van der Waals surface area contributed by atoms with Gasteiger partial charge in [0.1, 0.15) is 5.82 Å². The summed E-state index contributed by atoms with van der Waals surface area (Å²) in [7, 11) is -1.97. The Morgan fingerprint density at radius 1 is 1.00 bits per heavy atom. The molecule has 0 aliphatic carbocycles. The summed E-state index contributed by atoms with van der Waals surface area (Å²) in [5, 5.41) is 7.20. The molecule has 7 nitrogen and oxygen atoms in total. The van der Waals surface area contributed by atoms with E-state index in [4.69, 9.17) is 0 Å². The van der Waals surface area contributed by atoms with Crippen LogP contribution in [0.15, 0.2) is 89.8 Å². The van der Waals surface area contributed by atoms with Gasteiger partial charge in [-0.3, -0.25) is 14.6 Å². The molecule has 4 aromatic rings. The Kier molecular flexibility index (Phi) is 7.26. The number of sulfonamides is 1. The Balaban J connectivity index is 1.30. The average molecular weight is 493 g/mol. The second-order valence-electron chi connectivity index (χ2n) is 8.11. The SMILES string of the molecule is CN(CCCc1cc(-c2cccc(F)c2)n[nH]1)C(=O)c1ccc(NS(=O)(=O)c2ccccc2)cc1. The summed E-state index contributed by atoms with van der Waals surface area (Å²) in [6.45, 7) is 0.523. The number of nitrogens with one attached hydrogen (secondary N) is 2. The molecule has 0 fully saturated rings. The molecule has 0 radical (unpaired) electrons. The van der Waals surface area contributed by atoms with E-state index in [2.05, 4.69) is 14.9 Å². The number of anilines is 1. The van der Waals surface area contributed by atoms with Crippen molar-refractivity contribution in [2.45, 2.75) is 17.7 Å². The first kappa shape index (κ1) is 24.2. The molecule has 0 atom stereocenters. The van der Waals surface area contributed by atoms with Gasteiger partial charge in [0.05, 0.1) is 10.6 Å². The van der Waals surface area contributed by atoms with E-state index >= 15 is 0 Å². The van der Waals surface area contributed by atoms with E-state index in [-0.39, 0.29) is 16.6 Å². The standard InChI is InChI=1S/C26H25FN4O3S/c1-31(16-6-9-23-18-25(29-28-23)20-7-5-8-21(27)17-20)26(32)19-12-14-22(15-13-19)30-35(33,34)24-10-3-2-4-11-24/h2-5,7-8,10-15,17-18,30H,6,9,16H2,1H3,(H,28,29). The van der Waals surface area contributed by atoms with Crippen LogP contribution < -0.4 is 4.72 Å². The molecule has 0 saturated carbocycles. The van der Waals surface area contributed by atoms with Crippen molar-refractivity contribution in [3.05, 3.63) is 102 Å². The van der Waals surface area contributed by atoms with E-state index < -0.39 is 10.0 Å². The number of benzene rings is 3. The number of H-pyrrole nitrogens is 1. The van der Waals surface area contributed by atoms with E-state index in [0.29, 0.717) is 41.9 Å². The molecule has 1 heterocycles. The number of aryl methyl sites for hydroxylation is 1. The highest BCUT2D eigenvalue weighted by Crippen LogP contribution is 2.20. The molecule has 3 aromatic carbocycles. The number of halogens is 1. The quantitative estimate of drug-likeness (QED) is 0.353. The van der Waals surface area contributed by atoms with E-state index in [1.165, 1.54) is 24.3 Å². The highest BCUT2D eigenvalue weighted by atomic mass is 32.2. The van der Waals surface area contributed by atoms with Gasteiger partial charge in [-0.1, -0.05) is 30.3 Å². The number of carbonyl (C=O) groups is 1. The van der Waals surface area contributed by atoms with Crippen LogP contribution in [0.25, 0.3) is 11.3 Å². The molecule has 0 saturated heterocycles. The summed E-state index contributed by atoms with van der Waals surface area (Å²) in [5.41, 5.74) is 3.12. The average Bonchev–Trinajstić information content (AvgIpc) is 3.33. The number of hydrogen-bond donors (Lipinski definition) is 2. The number of carbonyl (C=O) groups excluding carboxylic acids is 1. The fourth-order valence-corrected chi connectivity index (χ4v) is 4.69. The smallest absolute Gasteiger partial charge is 0.261 e. The molecule has 0 aliphatic heterocycles. The largest absolute Gasteiger partial charge is 0.342 e. The van der Waals surface area contributed by atoms with Crippen LogP contribution in [0.4, 0.5) is 10.1 Å². The molecule has 0 bridgehead atoms. The topological polar surface area (TPSA) is 95.2 Å². The van der Waals surface area contributed by atoms with Crippen LogP contribution in [-0.4, -0.2) is 43.0 Å². The zero-order chi connectivity index (χ0) is 24.8. The van der Waals surface area contributed by atoms with Gasteiger partial charge in [-0.2, -0.15) is 5.10 Å². The Morgan fingerprint density at radius 3 is 2.46 bits per heavy atom. The van der Waals surface area contributed by atoms with Crippen LogP contribution in [0.2, 0.25) is 0 Å². The van der Waals surface area contributed by atoms with E-state index in [9.17, 15) is 17.6 Å². The Morgan fingerprint density at radius 2 is 1.74 bits per heavy atom. The molecular weight excluding hydrogens is 467 g/mol. The molecule has 0 aliphatic rings. The van der Waals surface area contributed by atoms with Gasteiger partial charge in [-0.15, -0.1) is 0 Å². The normalized spacial score (nSPS) is 11.3. The molecule has 1 aromatic heterocycles. The Labute approximate surface area is 203 Å².